The smallest absolute Gasteiger partial charge is 0.248 e. The summed E-state index contributed by atoms with van der Waals surface area (Å²) in [6, 6.07) is 5.63. The van der Waals surface area contributed by atoms with Crippen molar-refractivity contribution in [1.82, 2.24) is 0 Å². The Labute approximate surface area is 88.4 Å². The Morgan fingerprint density at radius 2 is 1.93 bits per heavy atom. The third-order valence-electron chi connectivity index (χ3n) is 1.55. The highest BCUT2D eigenvalue weighted by Gasteiger charge is 2.08. The molecular formula is C8H10ClNO3S. The van der Waals surface area contributed by atoms with Gasteiger partial charge in [-0.25, -0.2) is 8.42 Å². The second-order valence-electron chi connectivity index (χ2n) is 2.66. The van der Waals surface area contributed by atoms with Crippen LogP contribution in [0.25, 0.3) is 0 Å². The maximum absolute atomic E-state index is 11.1. The Balaban J connectivity index is 0.00000169. The normalized spacial score (nSPS) is 10.4. The summed E-state index contributed by atoms with van der Waals surface area (Å²) in [5.41, 5.74) is 5.19. The molecule has 0 saturated heterocycles. The maximum atomic E-state index is 11.1. The highest BCUT2D eigenvalue weighted by molar-refractivity contribution is 7.90. The number of carbonyl (C=O) groups is 1. The molecule has 0 unspecified atom stereocenters. The fourth-order valence-corrected chi connectivity index (χ4v) is 1.55. The molecule has 78 valence electrons. The van der Waals surface area contributed by atoms with Crippen LogP contribution in [0.5, 0.6) is 0 Å². The number of hydrogen-bond donors (Lipinski definition) is 1. The first kappa shape index (κ1) is 12.9. The largest absolute Gasteiger partial charge is 0.366 e. The van der Waals surface area contributed by atoms with Gasteiger partial charge in [-0.3, -0.25) is 4.79 Å². The van der Waals surface area contributed by atoms with Crippen LogP contribution in [0.15, 0.2) is 29.2 Å². The summed E-state index contributed by atoms with van der Waals surface area (Å²) >= 11 is 0. The lowest BCUT2D eigenvalue weighted by Gasteiger charge is -1.99. The standard InChI is InChI=1S/C8H9NO3S.ClH/c1-13(11,12)7-4-2-3-6(5-7)8(9)10;/h2-5H,1H3,(H2,9,10);1H. The third kappa shape index (κ3) is 3.01. The van der Waals surface area contributed by atoms with Gasteiger partial charge >= 0.3 is 0 Å². The van der Waals surface area contributed by atoms with Crippen LogP contribution in [0.4, 0.5) is 0 Å². The van der Waals surface area contributed by atoms with Gasteiger partial charge in [0.15, 0.2) is 9.84 Å². The predicted molar refractivity (Wildman–Crippen MR) is 55.3 cm³/mol. The van der Waals surface area contributed by atoms with Crippen LogP contribution >= 0.6 is 12.4 Å². The first-order chi connectivity index (χ1) is 5.91. The lowest BCUT2D eigenvalue weighted by Crippen LogP contribution is -2.11. The zero-order valence-electron chi connectivity index (χ0n) is 7.43. The average Bonchev–Trinajstić information content (AvgIpc) is 2.03. The van der Waals surface area contributed by atoms with Gasteiger partial charge in [0.2, 0.25) is 5.91 Å². The molecule has 0 bridgehead atoms. The number of rotatable bonds is 2. The summed E-state index contributed by atoms with van der Waals surface area (Å²) in [5, 5.41) is 0. The van der Waals surface area contributed by atoms with Crippen molar-refractivity contribution in [1.29, 1.82) is 0 Å². The first-order valence-electron chi connectivity index (χ1n) is 3.51. The van der Waals surface area contributed by atoms with Gasteiger partial charge in [-0.15, -0.1) is 12.4 Å². The van der Waals surface area contributed by atoms with Gasteiger partial charge in [0.25, 0.3) is 0 Å². The highest BCUT2D eigenvalue weighted by atomic mass is 35.5. The van der Waals surface area contributed by atoms with Gasteiger partial charge in [0.05, 0.1) is 4.90 Å². The fraction of sp³-hybridized carbons (Fsp3) is 0.125. The van der Waals surface area contributed by atoms with E-state index in [2.05, 4.69) is 0 Å². The van der Waals surface area contributed by atoms with Crippen molar-refractivity contribution in [3.05, 3.63) is 29.8 Å². The second kappa shape index (κ2) is 4.43. The van der Waals surface area contributed by atoms with E-state index in [-0.39, 0.29) is 22.9 Å². The monoisotopic (exact) mass is 235 g/mol. The van der Waals surface area contributed by atoms with Crippen LogP contribution in [0.3, 0.4) is 0 Å². The molecule has 0 saturated carbocycles. The number of benzene rings is 1. The summed E-state index contributed by atoms with van der Waals surface area (Å²) in [6.07, 6.45) is 1.08. The van der Waals surface area contributed by atoms with Gasteiger partial charge in [0, 0.05) is 11.8 Å². The molecule has 14 heavy (non-hydrogen) atoms. The Bertz CT molecular complexity index is 442. The van der Waals surface area contributed by atoms with Gasteiger partial charge in [0.1, 0.15) is 0 Å². The number of halogens is 1. The molecule has 1 rings (SSSR count). The molecule has 0 aromatic heterocycles. The van der Waals surface area contributed by atoms with E-state index in [0.29, 0.717) is 0 Å². The minimum Gasteiger partial charge on any atom is -0.366 e. The number of amides is 1. The summed E-state index contributed by atoms with van der Waals surface area (Å²) in [7, 11) is -3.27. The molecule has 1 aromatic carbocycles. The van der Waals surface area contributed by atoms with Crippen molar-refractivity contribution in [3.63, 3.8) is 0 Å². The van der Waals surface area contributed by atoms with E-state index in [4.69, 9.17) is 5.73 Å². The number of primary amides is 1. The lowest BCUT2D eigenvalue weighted by atomic mass is 10.2. The van der Waals surface area contributed by atoms with E-state index in [1.165, 1.54) is 24.3 Å². The molecule has 0 heterocycles. The minimum atomic E-state index is -3.27. The molecule has 0 aliphatic heterocycles. The van der Waals surface area contributed by atoms with E-state index >= 15 is 0 Å². The third-order valence-corrected chi connectivity index (χ3v) is 2.66. The molecule has 0 aliphatic carbocycles. The first-order valence-corrected chi connectivity index (χ1v) is 5.40. The van der Waals surface area contributed by atoms with Crippen LogP contribution in [-0.2, 0) is 9.84 Å². The van der Waals surface area contributed by atoms with E-state index < -0.39 is 15.7 Å². The Morgan fingerprint density at radius 3 is 2.36 bits per heavy atom. The van der Waals surface area contributed by atoms with Crippen molar-refractivity contribution in [2.75, 3.05) is 6.26 Å². The molecule has 4 nitrogen and oxygen atoms in total. The molecule has 0 aliphatic rings. The van der Waals surface area contributed by atoms with Gasteiger partial charge in [-0.2, -0.15) is 0 Å². The number of nitrogens with two attached hydrogens (primary N) is 1. The van der Waals surface area contributed by atoms with Crippen molar-refractivity contribution >= 4 is 28.2 Å². The van der Waals surface area contributed by atoms with Crippen LogP contribution in [0.1, 0.15) is 10.4 Å². The number of sulfone groups is 1. The molecule has 1 aromatic rings. The topological polar surface area (TPSA) is 77.2 Å². The molecule has 0 atom stereocenters. The molecule has 1 amide bonds. The summed E-state index contributed by atoms with van der Waals surface area (Å²) in [5.74, 6) is -0.634. The van der Waals surface area contributed by atoms with Crippen LogP contribution in [-0.4, -0.2) is 20.6 Å². The lowest BCUT2D eigenvalue weighted by molar-refractivity contribution is 0.1000. The van der Waals surface area contributed by atoms with Gasteiger partial charge in [-0.05, 0) is 18.2 Å². The quantitative estimate of drug-likeness (QED) is 0.816. The highest BCUT2D eigenvalue weighted by Crippen LogP contribution is 2.10. The molecule has 0 fully saturated rings. The zero-order chi connectivity index (χ0) is 10.1. The van der Waals surface area contributed by atoms with Crippen LogP contribution in [0, 0.1) is 0 Å². The number of carbonyl (C=O) groups excluding carboxylic acids is 1. The van der Waals surface area contributed by atoms with E-state index in [0.717, 1.165) is 6.26 Å². The van der Waals surface area contributed by atoms with Crippen molar-refractivity contribution < 1.29 is 13.2 Å². The molecule has 0 radical (unpaired) electrons. The predicted octanol–water partition coefficient (Wildman–Crippen LogP) is 0.611. The SMILES string of the molecule is CS(=O)(=O)c1cccc(C(N)=O)c1.Cl. The zero-order valence-corrected chi connectivity index (χ0v) is 9.06. The Hall–Kier alpha value is -1.07. The summed E-state index contributed by atoms with van der Waals surface area (Å²) in [4.78, 5) is 10.8. The second-order valence-corrected chi connectivity index (χ2v) is 4.68. The van der Waals surface area contributed by atoms with Crippen molar-refractivity contribution in [2.45, 2.75) is 4.90 Å². The average molecular weight is 236 g/mol. The van der Waals surface area contributed by atoms with Gasteiger partial charge in [-0.1, -0.05) is 6.07 Å². The van der Waals surface area contributed by atoms with Crippen LogP contribution in [0.2, 0.25) is 0 Å². The van der Waals surface area contributed by atoms with E-state index in [1.54, 1.807) is 0 Å². The van der Waals surface area contributed by atoms with Crippen molar-refractivity contribution in [2.24, 2.45) is 5.73 Å². The minimum absolute atomic E-state index is 0. The Morgan fingerprint density at radius 1 is 1.36 bits per heavy atom. The molecular weight excluding hydrogens is 226 g/mol. The Kier molecular flexibility index (Phi) is 4.09. The van der Waals surface area contributed by atoms with Crippen LogP contribution < -0.4 is 5.73 Å². The van der Waals surface area contributed by atoms with E-state index in [1.807, 2.05) is 0 Å². The van der Waals surface area contributed by atoms with Crippen molar-refractivity contribution in [3.8, 4) is 0 Å². The summed E-state index contributed by atoms with van der Waals surface area (Å²) in [6.45, 7) is 0. The fourth-order valence-electron chi connectivity index (χ4n) is 0.880. The maximum Gasteiger partial charge on any atom is 0.248 e. The van der Waals surface area contributed by atoms with E-state index in [9.17, 15) is 13.2 Å². The molecule has 6 heteroatoms. The summed E-state index contributed by atoms with van der Waals surface area (Å²) < 4.78 is 22.1. The number of hydrogen-bond acceptors (Lipinski definition) is 3. The van der Waals surface area contributed by atoms with Gasteiger partial charge < -0.3 is 5.73 Å². The molecule has 2 N–H and O–H groups in total. The molecule has 0 spiro atoms.